The Morgan fingerprint density at radius 1 is 1.10 bits per heavy atom. The molecule has 1 unspecified atom stereocenters. The molecular weight excluding hydrogens is 389 g/mol. The van der Waals surface area contributed by atoms with Gasteiger partial charge in [-0.25, -0.2) is 0 Å². The van der Waals surface area contributed by atoms with E-state index in [0.29, 0.717) is 12.1 Å². The number of nitrogens with one attached hydrogen (secondary N) is 1. The summed E-state index contributed by atoms with van der Waals surface area (Å²) in [6.45, 7) is 2.67. The predicted octanol–water partition coefficient (Wildman–Crippen LogP) is 6.03. The minimum atomic E-state index is -4.43. The number of hydrogen-bond donors (Lipinski definition) is 1. The summed E-state index contributed by atoms with van der Waals surface area (Å²) in [5, 5.41) is 3.86. The fourth-order valence-corrected chi connectivity index (χ4v) is 3.85. The molecule has 0 fully saturated rings. The maximum absolute atomic E-state index is 13.3. The summed E-state index contributed by atoms with van der Waals surface area (Å²) in [6, 6.07) is 13.1. The number of alkyl halides is 3. The molecule has 0 aliphatic rings. The van der Waals surface area contributed by atoms with Gasteiger partial charge in [0, 0.05) is 43.0 Å². The van der Waals surface area contributed by atoms with Crippen LogP contribution in [0.5, 0.6) is 0 Å². The first-order chi connectivity index (χ1) is 14.3. The molecule has 3 nitrogen and oxygen atoms in total. The van der Waals surface area contributed by atoms with Gasteiger partial charge in [0.1, 0.15) is 0 Å². The zero-order chi connectivity index (χ0) is 21.7. The molecule has 1 N–H and O–H groups in total. The van der Waals surface area contributed by atoms with Gasteiger partial charge < -0.3 is 9.88 Å². The average molecular weight is 416 g/mol. The number of aryl methyl sites for hydroxylation is 1. The van der Waals surface area contributed by atoms with Gasteiger partial charge in [0.2, 0.25) is 5.91 Å². The third kappa shape index (κ3) is 5.04. The molecule has 0 bridgehead atoms. The summed E-state index contributed by atoms with van der Waals surface area (Å²) in [4.78, 5) is 12.6. The van der Waals surface area contributed by atoms with Crippen molar-refractivity contribution in [3.63, 3.8) is 0 Å². The number of unbranched alkanes of at least 4 members (excludes halogenated alkanes) is 2. The molecule has 1 amide bonds. The number of fused-ring (bicyclic) bond motifs is 1. The number of aromatic nitrogens is 1. The minimum Gasteiger partial charge on any atom is -0.356 e. The fraction of sp³-hybridized carbons (Fsp3) is 0.375. The number of hydrogen-bond acceptors (Lipinski definition) is 1. The highest BCUT2D eigenvalue weighted by molar-refractivity contribution is 5.86. The predicted molar refractivity (Wildman–Crippen MR) is 113 cm³/mol. The highest BCUT2D eigenvalue weighted by atomic mass is 19.4. The molecule has 0 saturated carbocycles. The second-order valence-corrected chi connectivity index (χ2v) is 7.65. The smallest absolute Gasteiger partial charge is 0.356 e. The van der Waals surface area contributed by atoms with Crippen LogP contribution >= 0.6 is 0 Å². The number of benzene rings is 2. The van der Waals surface area contributed by atoms with Crippen molar-refractivity contribution in [2.45, 2.75) is 44.7 Å². The van der Waals surface area contributed by atoms with Crippen molar-refractivity contribution in [3.8, 4) is 0 Å². The third-order valence-electron chi connectivity index (χ3n) is 5.41. The van der Waals surface area contributed by atoms with Crippen LogP contribution in [0.1, 0.15) is 55.2 Å². The summed E-state index contributed by atoms with van der Waals surface area (Å²) >= 11 is 0. The number of carbonyl (C=O) groups is 1. The lowest BCUT2D eigenvalue weighted by Gasteiger charge is -2.19. The first kappa shape index (κ1) is 21.9. The van der Waals surface area contributed by atoms with Crippen LogP contribution in [0.15, 0.2) is 54.7 Å². The zero-order valence-electron chi connectivity index (χ0n) is 17.3. The lowest BCUT2D eigenvalue weighted by molar-refractivity contribution is -0.137. The monoisotopic (exact) mass is 416 g/mol. The van der Waals surface area contributed by atoms with E-state index in [-0.39, 0.29) is 12.3 Å². The second-order valence-electron chi connectivity index (χ2n) is 7.65. The lowest BCUT2D eigenvalue weighted by atomic mass is 9.87. The number of nitrogens with zero attached hydrogens (tertiary/aromatic N) is 1. The number of carbonyl (C=O) groups excluding carboxylic acids is 1. The van der Waals surface area contributed by atoms with E-state index in [9.17, 15) is 18.0 Å². The van der Waals surface area contributed by atoms with Crippen LogP contribution in [0.4, 0.5) is 13.2 Å². The molecule has 1 atom stereocenters. The van der Waals surface area contributed by atoms with Crippen LogP contribution in [0.3, 0.4) is 0 Å². The van der Waals surface area contributed by atoms with Crippen molar-refractivity contribution in [1.82, 2.24) is 9.88 Å². The van der Waals surface area contributed by atoms with E-state index in [1.54, 1.807) is 6.07 Å². The Morgan fingerprint density at radius 3 is 2.60 bits per heavy atom. The molecule has 30 heavy (non-hydrogen) atoms. The molecule has 3 aromatic rings. The number of rotatable bonds is 8. The van der Waals surface area contributed by atoms with E-state index in [4.69, 9.17) is 0 Å². The largest absolute Gasteiger partial charge is 0.416 e. The molecule has 0 aliphatic heterocycles. The maximum atomic E-state index is 13.3. The molecule has 0 aliphatic carbocycles. The zero-order valence-corrected chi connectivity index (χ0v) is 17.3. The van der Waals surface area contributed by atoms with Gasteiger partial charge >= 0.3 is 6.18 Å². The SMILES string of the molecule is CCCCCNC(=O)CC(c1cccc(C(F)(F)F)c1)c1cn(C)c2ccccc12. The van der Waals surface area contributed by atoms with Crippen LogP contribution in [0.25, 0.3) is 10.9 Å². The van der Waals surface area contributed by atoms with Gasteiger partial charge in [-0.15, -0.1) is 0 Å². The van der Waals surface area contributed by atoms with Gasteiger partial charge in [0.05, 0.1) is 5.56 Å². The van der Waals surface area contributed by atoms with Gasteiger partial charge in [0.15, 0.2) is 0 Å². The van der Waals surface area contributed by atoms with Crippen LogP contribution in [0.2, 0.25) is 0 Å². The summed E-state index contributed by atoms with van der Waals surface area (Å²) in [6.07, 6.45) is 0.563. The standard InChI is InChI=1S/C24H27F3N2O/c1-3-4-7-13-28-23(30)15-20(17-9-8-10-18(14-17)24(25,26)27)21-16-29(2)22-12-6-5-11-19(21)22/h5-6,8-12,14,16,20H,3-4,7,13,15H2,1-2H3,(H,28,30). The number of amides is 1. The minimum absolute atomic E-state index is 0.0987. The Balaban J connectivity index is 1.98. The molecule has 1 aromatic heterocycles. The first-order valence-electron chi connectivity index (χ1n) is 10.3. The Bertz CT molecular complexity index is 1010. The van der Waals surface area contributed by atoms with E-state index in [1.165, 1.54) is 6.07 Å². The highest BCUT2D eigenvalue weighted by Crippen LogP contribution is 2.37. The van der Waals surface area contributed by atoms with Crippen molar-refractivity contribution < 1.29 is 18.0 Å². The molecule has 0 radical (unpaired) electrons. The van der Waals surface area contributed by atoms with E-state index in [2.05, 4.69) is 12.2 Å². The molecule has 3 rings (SSSR count). The van der Waals surface area contributed by atoms with Gasteiger partial charge in [-0.2, -0.15) is 13.2 Å². The molecule has 0 spiro atoms. The first-order valence-corrected chi connectivity index (χ1v) is 10.3. The topological polar surface area (TPSA) is 34.0 Å². The third-order valence-corrected chi connectivity index (χ3v) is 5.41. The number of halogens is 3. The molecule has 2 aromatic carbocycles. The summed E-state index contributed by atoms with van der Waals surface area (Å²) < 4.78 is 41.9. The van der Waals surface area contributed by atoms with Crippen molar-refractivity contribution in [2.75, 3.05) is 6.54 Å². The average Bonchev–Trinajstić information content (AvgIpc) is 3.05. The van der Waals surface area contributed by atoms with Crippen LogP contribution in [-0.4, -0.2) is 17.0 Å². The van der Waals surface area contributed by atoms with Gasteiger partial charge in [-0.3, -0.25) is 4.79 Å². The Hall–Kier alpha value is -2.76. The maximum Gasteiger partial charge on any atom is 0.416 e. The van der Waals surface area contributed by atoms with Gasteiger partial charge in [-0.05, 0) is 29.7 Å². The van der Waals surface area contributed by atoms with E-state index < -0.39 is 17.7 Å². The molecule has 160 valence electrons. The van der Waals surface area contributed by atoms with Crippen molar-refractivity contribution in [2.24, 2.45) is 7.05 Å². The second kappa shape index (κ2) is 9.37. The van der Waals surface area contributed by atoms with Crippen molar-refractivity contribution in [3.05, 3.63) is 71.4 Å². The fourth-order valence-electron chi connectivity index (χ4n) is 3.85. The number of para-hydroxylation sites is 1. The Kier molecular flexibility index (Phi) is 6.85. The van der Waals surface area contributed by atoms with Crippen molar-refractivity contribution in [1.29, 1.82) is 0 Å². The quantitative estimate of drug-likeness (QED) is 0.447. The molecule has 1 heterocycles. The lowest BCUT2D eigenvalue weighted by Crippen LogP contribution is -2.26. The molecule has 0 saturated heterocycles. The van der Waals surface area contributed by atoms with Crippen molar-refractivity contribution >= 4 is 16.8 Å². The highest BCUT2D eigenvalue weighted by Gasteiger charge is 2.32. The van der Waals surface area contributed by atoms with E-state index in [0.717, 1.165) is 47.9 Å². The normalized spacial score (nSPS) is 12.8. The van der Waals surface area contributed by atoms with Crippen LogP contribution in [0, 0.1) is 0 Å². The van der Waals surface area contributed by atoms with Crippen LogP contribution < -0.4 is 5.32 Å². The summed E-state index contributed by atoms with van der Waals surface area (Å²) in [7, 11) is 1.90. The summed E-state index contributed by atoms with van der Waals surface area (Å²) in [5.41, 5.74) is 1.63. The molecular formula is C24H27F3N2O. The van der Waals surface area contributed by atoms with Crippen LogP contribution in [-0.2, 0) is 18.0 Å². The van der Waals surface area contributed by atoms with Gasteiger partial charge in [0.25, 0.3) is 0 Å². The van der Waals surface area contributed by atoms with E-state index >= 15 is 0 Å². The Morgan fingerprint density at radius 2 is 1.87 bits per heavy atom. The van der Waals surface area contributed by atoms with E-state index in [1.807, 2.05) is 42.1 Å². The molecule has 6 heteroatoms. The Labute approximate surface area is 174 Å². The van der Waals surface area contributed by atoms with Gasteiger partial charge in [-0.1, -0.05) is 56.2 Å². The summed E-state index contributed by atoms with van der Waals surface area (Å²) in [5.74, 6) is -0.619.